The van der Waals surface area contributed by atoms with E-state index in [2.05, 4.69) is 71.1 Å². The Balaban J connectivity index is 1.91. The average Bonchev–Trinajstić information content (AvgIpc) is 2.95. The lowest BCUT2D eigenvalue weighted by atomic mass is 10.2. The number of esters is 1. The summed E-state index contributed by atoms with van der Waals surface area (Å²) < 4.78 is 8.15. The van der Waals surface area contributed by atoms with Gasteiger partial charge in [0.05, 0.1) is 18.4 Å². The maximum atomic E-state index is 11.6. The van der Waals surface area contributed by atoms with Crippen LogP contribution >= 0.6 is 22.6 Å². The number of aliphatic imine (C=N–C) groups is 1. The molecule has 0 unspecified atom stereocenters. The van der Waals surface area contributed by atoms with Crippen molar-refractivity contribution in [2.75, 3.05) is 7.11 Å². The van der Waals surface area contributed by atoms with E-state index in [0.29, 0.717) is 5.56 Å². The predicted molar refractivity (Wildman–Crippen MR) is 118 cm³/mol. The van der Waals surface area contributed by atoms with Crippen LogP contribution < -0.4 is 0 Å². The molecular weight excluding hydrogens is 451 g/mol. The lowest BCUT2D eigenvalue weighted by Gasteiger charge is -2.10. The number of benzene rings is 2. The maximum absolute atomic E-state index is 11.6. The molecule has 0 bridgehead atoms. The van der Waals surface area contributed by atoms with Crippen molar-refractivity contribution in [3.63, 3.8) is 0 Å². The summed E-state index contributed by atoms with van der Waals surface area (Å²) in [5.41, 5.74) is 6.99. The van der Waals surface area contributed by atoms with Crippen LogP contribution in [0.3, 0.4) is 0 Å². The van der Waals surface area contributed by atoms with Crippen LogP contribution in [0.2, 0.25) is 0 Å². The van der Waals surface area contributed by atoms with E-state index in [-0.39, 0.29) is 5.97 Å². The summed E-state index contributed by atoms with van der Waals surface area (Å²) in [4.78, 5) is 16.3. The summed E-state index contributed by atoms with van der Waals surface area (Å²) >= 11 is 2.32. The lowest BCUT2D eigenvalue weighted by Crippen LogP contribution is -2.03. The maximum Gasteiger partial charge on any atom is 0.337 e. The first-order valence-electron chi connectivity index (χ1n) is 8.58. The van der Waals surface area contributed by atoms with Gasteiger partial charge in [-0.15, -0.1) is 0 Å². The third-order valence-corrected chi connectivity index (χ3v) is 5.72. The van der Waals surface area contributed by atoms with Gasteiger partial charge in [0, 0.05) is 32.4 Å². The normalized spacial score (nSPS) is 11.1. The molecule has 0 aliphatic heterocycles. The number of hydrogen-bond donors (Lipinski definition) is 0. The molecule has 4 nitrogen and oxygen atoms in total. The van der Waals surface area contributed by atoms with Crippen LogP contribution in [-0.4, -0.2) is 23.9 Å². The monoisotopic (exact) mass is 472 g/mol. The van der Waals surface area contributed by atoms with Gasteiger partial charge in [0.1, 0.15) is 0 Å². The van der Waals surface area contributed by atoms with Gasteiger partial charge in [-0.05, 0) is 97.5 Å². The minimum Gasteiger partial charge on any atom is -0.465 e. The molecule has 2 aromatic carbocycles. The summed E-state index contributed by atoms with van der Waals surface area (Å²) in [6, 6.07) is 15.7. The van der Waals surface area contributed by atoms with E-state index in [1.807, 2.05) is 24.4 Å². The van der Waals surface area contributed by atoms with Crippen LogP contribution in [0, 0.1) is 24.3 Å². The molecule has 3 aromatic rings. The third-order valence-electron chi connectivity index (χ3n) is 4.51. The zero-order valence-electron chi connectivity index (χ0n) is 15.8. The molecule has 0 radical (unpaired) electrons. The Hall–Kier alpha value is -2.41. The number of ether oxygens (including phenoxy) is 1. The molecule has 138 valence electrons. The zero-order valence-corrected chi connectivity index (χ0v) is 17.9. The van der Waals surface area contributed by atoms with Crippen LogP contribution in [0.5, 0.6) is 0 Å². The van der Waals surface area contributed by atoms with E-state index in [1.165, 1.54) is 16.2 Å². The molecule has 5 heteroatoms. The van der Waals surface area contributed by atoms with Crippen LogP contribution in [0.15, 0.2) is 53.5 Å². The second-order valence-electron chi connectivity index (χ2n) is 6.39. The second kappa shape index (κ2) is 8.08. The van der Waals surface area contributed by atoms with Crippen LogP contribution in [0.1, 0.15) is 32.9 Å². The number of nitrogens with zero attached hydrogens (tertiary/aromatic N) is 2. The van der Waals surface area contributed by atoms with Gasteiger partial charge < -0.3 is 9.30 Å². The van der Waals surface area contributed by atoms with Crippen molar-refractivity contribution in [1.29, 1.82) is 0 Å². The van der Waals surface area contributed by atoms with E-state index in [0.717, 1.165) is 28.3 Å². The van der Waals surface area contributed by atoms with Crippen LogP contribution in [-0.2, 0) is 4.74 Å². The molecule has 0 N–H and O–H groups in total. The van der Waals surface area contributed by atoms with Crippen LogP contribution in [0.25, 0.3) is 5.69 Å². The number of halogens is 1. The fourth-order valence-electron chi connectivity index (χ4n) is 3.03. The largest absolute Gasteiger partial charge is 0.465 e. The first kappa shape index (κ1) is 19.4. The topological polar surface area (TPSA) is 43.6 Å². The Morgan fingerprint density at radius 1 is 1.07 bits per heavy atom. The van der Waals surface area contributed by atoms with Gasteiger partial charge >= 0.3 is 5.97 Å². The second-order valence-corrected chi connectivity index (χ2v) is 7.55. The molecule has 0 amide bonds. The summed E-state index contributed by atoms with van der Waals surface area (Å²) in [7, 11) is 1.39. The number of hydrogen-bond acceptors (Lipinski definition) is 3. The minimum atomic E-state index is -0.330. The van der Waals surface area contributed by atoms with E-state index in [1.54, 1.807) is 12.1 Å². The number of carbonyl (C=O) groups excluding carboxylic acids is 1. The first-order chi connectivity index (χ1) is 12.9. The van der Waals surface area contributed by atoms with Gasteiger partial charge in [0.2, 0.25) is 0 Å². The van der Waals surface area contributed by atoms with E-state index < -0.39 is 0 Å². The number of rotatable bonds is 4. The number of methoxy groups -OCH3 is 1. The number of aromatic nitrogens is 1. The number of aryl methyl sites for hydroxylation is 2. The first-order valence-corrected chi connectivity index (χ1v) is 9.66. The molecule has 27 heavy (non-hydrogen) atoms. The SMILES string of the molecule is COC(=O)c1ccc(-n2c(C)cc(C=Nc3ccc(I)c(C)c3)c2C)cc1. The molecule has 3 rings (SSSR count). The van der Waals surface area contributed by atoms with Gasteiger partial charge in [-0.2, -0.15) is 0 Å². The van der Waals surface area contributed by atoms with Crippen molar-refractivity contribution in [1.82, 2.24) is 4.57 Å². The highest BCUT2D eigenvalue weighted by atomic mass is 127. The zero-order chi connectivity index (χ0) is 19.6. The summed E-state index contributed by atoms with van der Waals surface area (Å²) in [5, 5.41) is 0. The smallest absolute Gasteiger partial charge is 0.337 e. The Morgan fingerprint density at radius 2 is 1.78 bits per heavy atom. The van der Waals surface area contributed by atoms with Gasteiger partial charge in [0.15, 0.2) is 0 Å². The average molecular weight is 472 g/mol. The van der Waals surface area contributed by atoms with Crippen molar-refractivity contribution in [2.45, 2.75) is 20.8 Å². The summed E-state index contributed by atoms with van der Waals surface area (Å²) in [5.74, 6) is -0.330. The van der Waals surface area contributed by atoms with E-state index in [4.69, 9.17) is 4.74 Å². The van der Waals surface area contributed by atoms with Gasteiger partial charge in [-0.25, -0.2) is 4.79 Å². The van der Waals surface area contributed by atoms with Crippen LogP contribution in [0.4, 0.5) is 5.69 Å². The van der Waals surface area contributed by atoms with Crippen molar-refractivity contribution >= 4 is 40.5 Å². The Morgan fingerprint density at radius 3 is 2.41 bits per heavy atom. The molecule has 0 aliphatic rings. The molecule has 0 fully saturated rings. The molecule has 1 aromatic heterocycles. The van der Waals surface area contributed by atoms with Crippen molar-refractivity contribution in [3.8, 4) is 5.69 Å². The highest BCUT2D eigenvalue weighted by molar-refractivity contribution is 14.1. The Labute approximate surface area is 173 Å². The fraction of sp³-hybridized carbons (Fsp3) is 0.182. The molecular formula is C22H21IN2O2. The number of carbonyl (C=O) groups is 1. The highest BCUT2D eigenvalue weighted by Crippen LogP contribution is 2.22. The molecule has 0 saturated heterocycles. The van der Waals surface area contributed by atoms with Crippen molar-refractivity contribution in [2.24, 2.45) is 4.99 Å². The van der Waals surface area contributed by atoms with E-state index >= 15 is 0 Å². The minimum absolute atomic E-state index is 0.330. The fourth-order valence-corrected chi connectivity index (χ4v) is 3.37. The molecule has 0 spiro atoms. The predicted octanol–water partition coefficient (Wildman–Crippen LogP) is 5.54. The third kappa shape index (κ3) is 4.13. The molecule has 0 aliphatic carbocycles. The quantitative estimate of drug-likeness (QED) is 0.284. The van der Waals surface area contributed by atoms with Gasteiger partial charge in [0.25, 0.3) is 0 Å². The van der Waals surface area contributed by atoms with Gasteiger partial charge in [-0.1, -0.05) is 0 Å². The van der Waals surface area contributed by atoms with E-state index in [9.17, 15) is 4.79 Å². The molecule has 1 heterocycles. The van der Waals surface area contributed by atoms with Crippen molar-refractivity contribution in [3.05, 3.63) is 80.2 Å². The Bertz CT molecular complexity index is 1020. The van der Waals surface area contributed by atoms with Crippen molar-refractivity contribution < 1.29 is 9.53 Å². The van der Waals surface area contributed by atoms with Gasteiger partial charge in [-0.3, -0.25) is 4.99 Å². The Kier molecular flexibility index (Phi) is 5.79. The summed E-state index contributed by atoms with van der Waals surface area (Å²) in [6.07, 6.45) is 1.91. The lowest BCUT2D eigenvalue weighted by molar-refractivity contribution is 0.0601. The molecule has 0 saturated carbocycles. The molecule has 0 atom stereocenters. The standard InChI is InChI=1S/C22H21IN2O2/c1-14-11-19(7-10-21(14)23)24-13-18-12-15(2)25(16(18)3)20-8-5-17(6-9-20)22(26)27-4/h5-13H,1-4H3. The summed E-state index contributed by atoms with van der Waals surface area (Å²) in [6.45, 7) is 6.22. The highest BCUT2D eigenvalue weighted by Gasteiger charge is 2.11.